The summed E-state index contributed by atoms with van der Waals surface area (Å²) in [6.07, 6.45) is 1.90. The first-order valence-corrected chi connectivity index (χ1v) is 10.9. The minimum absolute atomic E-state index is 0.268. The summed E-state index contributed by atoms with van der Waals surface area (Å²) in [6, 6.07) is 21.3. The number of aromatic nitrogens is 1. The smallest absolute Gasteiger partial charge is 0.318 e. The summed E-state index contributed by atoms with van der Waals surface area (Å²) in [5.74, 6) is -0.681. The van der Waals surface area contributed by atoms with Crippen LogP contribution in [0.3, 0.4) is 0 Å². The number of carbonyl (C=O) groups is 1. The largest absolute Gasteiger partial charge is 0.497 e. The van der Waals surface area contributed by atoms with E-state index in [1.165, 1.54) is 12.1 Å². The second kappa shape index (κ2) is 9.02. The number of amides is 2. The Labute approximate surface area is 196 Å². The van der Waals surface area contributed by atoms with E-state index in [0.717, 1.165) is 28.6 Å². The molecular formula is C27H23F2N3O2. The highest BCUT2D eigenvalue weighted by atomic mass is 19.1. The quantitative estimate of drug-likeness (QED) is 0.433. The van der Waals surface area contributed by atoms with Crippen molar-refractivity contribution in [1.82, 2.24) is 14.8 Å². The molecule has 34 heavy (non-hydrogen) atoms. The van der Waals surface area contributed by atoms with Gasteiger partial charge in [0.2, 0.25) is 0 Å². The van der Waals surface area contributed by atoms with Gasteiger partial charge in [0.25, 0.3) is 0 Å². The summed E-state index contributed by atoms with van der Waals surface area (Å²) < 4.78 is 35.7. The topological polar surface area (TPSA) is 46.5 Å². The van der Waals surface area contributed by atoms with Crippen molar-refractivity contribution in [2.24, 2.45) is 0 Å². The van der Waals surface area contributed by atoms with E-state index in [1.807, 2.05) is 71.4 Å². The van der Waals surface area contributed by atoms with Gasteiger partial charge in [-0.15, -0.1) is 0 Å². The lowest BCUT2D eigenvalue weighted by Crippen LogP contribution is -2.41. The zero-order chi connectivity index (χ0) is 23.7. The Balaban J connectivity index is 1.56. The number of methoxy groups -OCH3 is 1. The molecule has 7 heteroatoms. The summed E-state index contributed by atoms with van der Waals surface area (Å²) in [6.45, 7) is 0.546. The van der Waals surface area contributed by atoms with Gasteiger partial charge >= 0.3 is 6.03 Å². The van der Waals surface area contributed by atoms with E-state index in [0.29, 0.717) is 11.3 Å². The average molecular weight is 459 g/mol. The Morgan fingerprint density at radius 2 is 1.79 bits per heavy atom. The van der Waals surface area contributed by atoms with Crippen molar-refractivity contribution in [2.75, 3.05) is 7.11 Å². The van der Waals surface area contributed by atoms with E-state index in [9.17, 15) is 13.6 Å². The van der Waals surface area contributed by atoms with Gasteiger partial charge in [0.15, 0.2) is 0 Å². The van der Waals surface area contributed by atoms with Crippen LogP contribution in [-0.4, -0.2) is 22.6 Å². The monoisotopic (exact) mass is 459 g/mol. The number of urea groups is 1. The lowest BCUT2D eigenvalue weighted by atomic mass is 10.0. The van der Waals surface area contributed by atoms with Gasteiger partial charge in [-0.1, -0.05) is 30.3 Å². The van der Waals surface area contributed by atoms with Crippen LogP contribution in [0.15, 0.2) is 85.1 Å². The average Bonchev–Trinajstić information content (AvgIpc) is 3.26. The van der Waals surface area contributed by atoms with Crippen LogP contribution < -0.4 is 10.1 Å². The molecule has 3 aromatic carbocycles. The summed E-state index contributed by atoms with van der Waals surface area (Å²) >= 11 is 0. The molecule has 0 unspecified atom stereocenters. The minimum Gasteiger partial charge on any atom is -0.497 e. The van der Waals surface area contributed by atoms with Crippen LogP contribution in [0.25, 0.3) is 5.69 Å². The van der Waals surface area contributed by atoms with Crippen LogP contribution in [-0.2, 0) is 13.1 Å². The number of ether oxygens (including phenoxy) is 1. The van der Waals surface area contributed by atoms with Crippen molar-refractivity contribution in [3.63, 3.8) is 0 Å². The molecule has 5 nitrogen and oxygen atoms in total. The fourth-order valence-electron chi connectivity index (χ4n) is 4.48. The Morgan fingerprint density at radius 1 is 1.00 bits per heavy atom. The Hall–Kier alpha value is -4.13. The molecule has 5 rings (SSSR count). The van der Waals surface area contributed by atoms with E-state index in [2.05, 4.69) is 5.32 Å². The van der Waals surface area contributed by atoms with E-state index >= 15 is 0 Å². The number of fused-ring (bicyclic) bond motifs is 3. The number of nitrogens with zero attached hydrogens (tertiary/aromatic N) is 2. The molecule has 2 heterocycles. The molecule has 172 valence electrons. The minimum atomic E-state index is -0.696. The number of benzene rings is 3. The third kappa shape index (κ3) is 4.12. The molecule has 0 bridgehead atoms. The lowest BCUT2D eigenvalue weighted by Gasteiger charge is -2.31. The van der Waals surface area contributed by atoms with E-state index in [-0.39, 0.29) is 19.1 Å². The standard InChI is InChI=1S/C27H23F2N3O2/c1-34-23-8-4-6-18(12-23)16-30-27(33)32-17-19-7-2-3-9-24(19)31-11-5-10-25(31)26(32)20-13-21(28)15-22(29)14-20/h2-15,26H,16-17H2,1H3,(H,30,33)/t26-/m1/s1. The number of hydrogen-bond acceptors (Lipinski definition) is 2. The Bertz CT molecular complexity index is 1330. The molecule has 2 amide bonds. The van der Waals surface area contributed by atoms with E-state index in [1.54, 1.807) is 12.0 Å². The first-order chi connectivity index (χ1) is 16.5. The van der Waals surface area contributed by atoms with Crippen molar-refractivity contribution in [3.8, 4) is 11.4 Å². The van der Waals surface area contributed by atoms with Crippen LogP contribution >= 0.6 is 0 Å². The molecule has 0 spiro atoms. The Kier molecular flexibility index (Phi) is 5.76. The fraction of sp³-hybridized carbons (Fsp3) is 0.148. The second-order valence-corrected chi connectivity index (χ2v) is 8.18. The molecule has 0 saturated carbocycles. The van der Waals surface area contributed by atoms with Crippen molar-refractivity contribution in [2.45, 2.75) is 19.1 Å². The van der Waals surface area contributed by atoms with Gasteiger partial charge in [0, 0.05) is 24.5 Å². The third-order valence-corrected chi connectivity index (χ3v) is 6.00. The van der Waals surface area contributed by atoms with Crippen LogP contribution in [0, 0.1) is 11.6 Å². The van der Waals surface area contributed by atoms with Gasteiger partial charge in [0.1, 0.15) is 17.4 Å². The second-order valence-electron chi connectivity index (χ2n) is 8.18. The number of hydrogen-bond donors (Lipinski definition) is 1. The van der Waals surface area contributed by atoms with Crippen molar-refractivity contribution in [1.29, 1.82) is 0 Å². The number of nitrogens with one attached hydrogen (secondary N) is 1. The van der Waals surface area contributed by atoms with Crippen LogP contribution in [0.5, 0.6) is 5.75 Å². The molecule has 0 aliphatic carbocycles. The van der Waals surface area contributed by atoms with Gasteiger partial charge < -0.3 is 19.5 Å². The van der Waals surface area contributed by atoms with Crippen molar-refractivity contribution < 1.29 is 18.3 Å². The number of carbonyl (C=O) groups excluding carboxylic acids is 1. The van der Waals surface area contributed by atoms with Gasteiger partial charge in [-0.05, 0) is 59.2 Å². The predicted molar refractivity (Wildman–Crippen MR) is 125 cm³/mol. The normalized spacial score (nSPS) is 14.7. The fourth-order valence-corrected chi connectivity index (χ4v) is 4.48. The Morgan fingerprint density at radius 3 is 2.59 bits per heavy atom. The van der Waals surface area contributed by atoms with Crippen LogP contribution in [0.1, 0.15) is 28.4 Å². The molecule has 1 aliphatic heterocycles. The predicted octanol–water partition coefficient (Wildman–Crippen LogP) is 5.58. The number of halogens is 2. The first kappa shape index (κ1) is 21.7. The van der Waals surface area contributed by atoms with Crippen molar-refractivity contribution in [3.05, 3.63) is 119 Å². The van der Waals surface area contributed by atoms with Crippen LogP contribution in [0.2, 0.25) is 0 Å². The van der Waals surface area contributed by atoms with Crippen molar-refractivity contribution >= 4 is 6.03 Å². The summed E-state index contributed by atoms with van der Waals surface area (Å²) in [5.41, 5.74) is 3.83. The number of rotatable bonds is 4. The zero-order valence-corrected chi connectivity index (χ0v) is 18.5. The molecule has 1 N–H and O–H groups in total. The molecule has 0 fully saturated rings. The maximum absolute atomic E-state index is 14.2. The lowest BCUT2D eigenvalue weighted by molar-refractivity contribution is 0.180. The van der Waals surface area contributed by atoms with Gasteiger partial charge in [0.05, 0.1) is 25.4 Å². The van der Waals surface area contributed by atoms with E-state index in [4.69, 9.17) is 4.74 Å². The molecule has 1 aromatic heterocycles. The highest BCUT2D eigenvalue weighted by Crippen LogP contribution is 2.37. The summed E-state index contributed by atoms with van der Waals surface area (Å²) in [7, 11) is 1.59. The zero-order valence-electron chi connectivity index (χ0n) is 18.5. The number of para-hydroxylation sites is 1. The molecule has 0 radical (unpaired) electrons. The van der Waals surface area contributed by atoms with E-state index < -0.39 is 17.7 Å². The van der Waals surface area contributed by atoms with Gasteiger partial charge in [-0.3, -0.25) is 0 Å². The molecule has 1 aliphatic rings. The van der Waals surface area contributed by atoms with Gasteiger partial charge in [-0.25, -0.2) is 13.6 Å². The molecule has 1 atom stereocenters. The maximum atomic E-state index is 14.2. The molecular weight excluding hydrogens is 436 g/mol. The first-order valence-electron chi connectivity index (χ1n) is 10.9. The van der Waals surface area contributed by atoms with Crippen LogP contribution in [0.4, 0.5) is 13.6 Å². The summed E-state index contributed by atoms with van der Waals surface area (Å²) in [5, 5.41) is 2.97. The highest BCUT2D eigenvalue weighted by Gasteiger charge is 2.33. The molecule has 0 saturated heterocycles. The molecule has 4 aromatic rings. The van der Waals surface area contributed by atoms with Gasteiger partial charge in [-0.2, -0.15) is 0 Å². The SMILES string of the molecule is COc1cccc(CNC(=O)N2Cc3ccccc3-n3cccc3[C@H]2c2cc(F)cc(F)c2)c1. The highest BCUT2D eigenvalue weighted by molar-refractivity contribution is 5.76. The summed E-state index contributed by atoms with van der Waals surface area (Å²) in [4.78, 5) is 15.2. The maximum Gasteiger partial charge on any atom is 0.318 e. The third-order valence-electron chi connectivity index (χ3n) is 6.00.